The highest BCUT2D eigenvalue weighted by molar-refractivity contribution is 5.54. The number of rotatable bonds is 3. The van der Waals surface area contributed by atoms with Crippen LogP contribution in [0.3, 0.4) is 0 Å². The van der Waals surface area contributed by atoms with Crippen molar-refractivity contribution < 1.29 is 0 Å². The summed E-state index contributed by atoms with van der Waals surface area (Å²) in [4.78, 5) is 4.43. The van der Waals surface area contributed by atoms with Gasteiger partial charge in [0.2, 0.25) is 0 Å². The molecule has 3 nitrogen and oxygen atoms in total. The highest BCUT2D eigenvalue weighted by Crippen LogP contribution is 2.15. The molecule has 0 saturated carbocycles. The van der Waals surface area contributed by atoms with Crippen molar-refractivity contribution in [3.05, 3.63) is 35.7 Å². The van der Waals surface area contributed by atoms with Gasteiger partial charge in [0.25, 0.3) is 0 Å². The van der Waals surface area contributed by atoms with Gasteiger partial charge in [-0.15, -0.1) is 0 Å². The van der Waals surface area contributed by atoms with E-state index in [1.165, 1.54) is 5.56 Å². The van der Waals surface area contributed by atoms with Gasteiger partial charge in [0.1, 0.15) is 5.82 Å². The zero-order chi connectivity index (χ0) is 10.7. The first-order chi connectivity index (χ1) is 7.29. The van der Waals surface area contributed by atoms with Crippen molar-refractivity contribution >= 4 is 0 Å². The second-order valence-electron chi connectivity index (χ2n) is 3.72. The van der Waals surface area contributed by atoms with Crippen LogP contribution in [0.15, 0.2) is 24.3 Å². The van der Waals surface area contributed by atoms with Gasteiger partial charge in [-0.05, 0) is 13.3 Å². The van der Waals surface area contributed by atoms with Gasteiger partial charge in [-0.3, -0.25) is 5.10 Å². The highest BCUT2D eigenvalue weighted by atomic mass is 15.2. The predicted molar refractivity (Wildman–Crippen MR) is 60.6 cm³/mol. The summed E-state index contributed by atoms with van der Waals surface area (Å²) in [6, 6.07) is 8.25. The monoisotopic (exact) mass is 201 g/mol. The van der Waals surface area contributed by atoms with Gasteiger partial charge in [0, 0.05) is 12.0 Å². The van der Waals surface area contributed by atoms with E-state index in [-0.39, 0.29) is 0 Å². The van der Waals surface area contributed by atoms with Crippen LogP contribution in [0, 0.1) is 6.92 Å². The average Bonchev–Trinajstić information content (AvgIpc) is 2.68. The lowest BCUT2D eigenvalue weighted by molar-refractivity contribution is 0.841. The smallest absolute Gasteiger partial charge is 0.181 e. The molecule has 0 spiro atoms. The largest absolute Gasteiger partial charge is 0.263 e. The van der Waals surface area contributed by atoms with Gasteiger partial charge in [-0.1, -0.05) is 36.8 Å². The van der Waals surface area contributed by atoms with Crippen molar-refractivity contribution in [1.82, 2.24) is 15.2 Å². The number of aromatic amines is 1. The van der Waals surface area contributed by atoms with E-state index in [2.05, 4.69) is 41.2 Å². The van der Waals surface area contributed by atoms with E-state index in [1.54, 1.807) is 0 Å². The molecule has 1 aromatic heterocycles. The van der Waals surface area contributed by atoms with E-state index < -0.39 is 0 Å². The normalized spacial score (nSPS) is 10.5. The van der Waals surface area contributed by atoms with Crippen LogP contribution in [0.2, 0.25) is 0 Å². The van der Waals surface area contributed by atoms with E-state index >= 15 is 0 Å². The lowest BCUT2D eigenvalue weighted by atomic mass is 10.1. The standard InChI is InChI=1S/C12H15N3/c1-3-4-11-13-12(15-14-11)10-7-5-9(2)6-8-10/h5-8H,3-4H2,1-2H3,(H,13,14,15). The zero-order valence-corrected chi connectivity index (χ0v) is 9.12. The Morgan fingerprint density at radius 1 is 1.20 bits per heavy atom. The maximum absolute atomic E-state index is 4.43. The van der Waals surface area contributed by atoms with E-state index in [0.717, 1.165) is 30.1 Å². The molecule has 0 atom stereocenters. The average molecular weight is 201 g/mol. The molecule has 15 heavy (non-hydrogen) atoms. The molecule has 2 aromatic rings. The maximum Gasteiger partial charge on any atom is 0.181 e. The molecule has 3 heteroatoms. The molecule has 1 heterocycles. The quantitative estimate of drug-likeness (QED) is 0.829. The molecule has 1 N–H and O–H groups in total. The first-order valence-corrected chi connectivity index (χ1v) is 5.28. The summed E-state index contributed by atoms with van der Waals surface area (Å²) >= 11 is 0. The van der Waals surface area contributed by atoms with Crippen LogP contribution < -0.4 is 0 Å². The molecule has 0 fully saturated rings. The molecule has 78 valence electrons. The number of nitrogens with zero attached hydrogens (tertiary/aromatic N) is 2. The molecular weight excluding hydrogens is 186 g/mol. The minimum absolute atomic E-state index is 0.790. The van der Waals surface area contributed by atoms with Gasteiger partial charge < -0.3 is 0 Å². The topological polar surface area (TPSA) is 41.6 Å². The maximum atomic E-state index is 4.43. The number of aromatic nitrogens is 3. The molecule has 0 amide bonds. The van der Waals surface area contributed by atoms with E-state index in [9.17, 15) is 0 Å². The molecule has 0 aliphatic heterocycles. The Bertz CT molecular complexity index is 428. The van der Waals surface area contributed by atoms with Crippen LogP contribution in [0.25, 0.3) is 11.4 Å². The molecule has 1 aromatic carbocycles. The van der Waals surface area contributed by atoms with Crippen molar-refractivity contribution in [2.45, 2.75) is 26.7 Å². The number of hydrogen-bond donors (Lipinski definition) is 1. The van der Waals surface area contributed by atoms with Gasteiger partial charge >= 0.3 is 0 Å². The highest BCUT2D eigenvalue weighted by Gasteiger charge is 2.04. The number of H-pyrrole nitrogens is 1. The van der Waals surface area contributed by atoms with Crippen molar-refractivity contribution in [1.29, 1.82) is 0 Å². The van der Waals surface area contributed by atoms with Crippen molar-refractivity contribution in [3.8, 4) is 11.4 Å². The van der Waals surface area contributed by atoms with Crippen LogP contribution in [0.1, 0.15) is 24.7 Å². The molecule has 2 rings (SSSR count). The Kier molecular flexibility index (Phi) is 2.81. The second kappa shape index (κ2) is 4.26. The summed E-state index contributed by atoms with van der Waals surface area (Å²) in [5.41, 5.74) is 2.32. The Hall–Kier alpha value is -1.64. The molecule has 0 aliphatic rings. The third kappa shape index (κ3) is 2.24. The fourth-order valence-corrected chi connectivity index (χ4v) is 1.48. The fourth-order valence-electron chi connectivity index (χ4n) is 1.48. The number of aryl methyl sites for hydroxylation is 2. The summed E-state index contributed by atoms with van der Waals surface area (Å²) in [5, 5.41) is 7.16. The number of benzene rings is 1. The Morgan fingerprint density at radius 3 is 2.60 bits per heavy atom. The lowest BCUT2D eigenvalue weighted by Crippen LogP contribution is -1.85. The second-order valence-corrected chi connectivity index (χ2v) is 3.72. The third-order valence-electron chi connectivity index (χ3n) is 2.33. The van der Waals surface area contributed by atoms with Crippen molar-refractivity contribution in [2.75, 3.05) is 0 Å². The SMILES string of the molecule is CCCc1nc(-c2ccc(C)cc2)n[nH]1. The fraction of sp³-hybridized carbons (Fsp3) is 0.333. The van der Waals surface area contributed by atoms with E-state index in [1.807, 2.05) is 12.1 Å². The molecule has 0 saturated heterocycles. The van der Waals surface area contributed by atoms with E-state index in [0.29, 0.717) is 0 Å². The zero-order valence-electron chi connectivity index (χ0n) is 9.12. The Balaban J connectivity index is 2.25. The summed E-state index contributed by atoms with van der Waals surface area (Å²) in [7, 11) is 0. The minimum atomic E-state index is 0.790. The van der Waals surface area contributed by atoms with Gasteiger partial charge in [0.05, 0.1) is 0 Å². The van der Waals surface area contributed by atoms with Crippen LogP contribution >= 0.6 is 0 Å². The molecule has 0 unspecified atom stereocenters. The van der Waals surface area contributed by atoms with Gasteiger partial charge in [-0.2, -0.15) is 5.10 Å². The summed E-state index contributed by atoms with van der Waals surface area (Å²) in [5.74, 6) is 1.76. The van der Waals surface area contributed by atoms with E-state index in [4.69, 9.17) is 0 Å². The number of nitrogens with one attached hydrogen (secondary N) is 1. The molecular formula is C12H15N3. The Labute approximate surface area is 89.6 Å². The Morgan fingerprint density at radius 2 is 1.93 bits per heavy atom. The van der Waals surface area contributed by atoms with Crippen molar-refractivity contribution in [3.63, 3.8) is 0 Å². The molecule has 0 radical (unpaired) electrons. The third-order valence-corrected chi connectivity index (χ3v) is 2.33. The van der Waals surface area contributed by atoms with Crippen LogP contribution in [0.5, 0.6) is 0 Å². The molecule has 0 aliphatic carbocycles. The molecule has 0 bridgehead atoms. The summed E-state index contributed by atoms with van der Waals surface area (Å²) in [6.07, 6.45) is 2.04. The number of hydrogen-bond acceptors (Lipinski definition) is 2. The van der Waals surface area contributed by atoms with Crippen LogP contribution in [-0.4, -0.2) is 15.2 Å². The lowest BCUT2D eigenvalue weighted by Gasteiger charge is -1.95. The van der Waals surface area contributed by atoms with Gasteiger partial charge in [0.15, 0.2) is 5.82 Å². The first-order valence-electron chi connectivity index (χ1n) is 5.28. The van der Waals surface area contributed by atoms with Gasteiger partial charge in [-0.25, -0.2) is 4.98 Å². The minimum Gasteiger partial charge on any atom is -0.263 e. The summed E-state index contributed by atoms with van der Waals surface area (Å²) in [6.45, 7) is 4.21. The predicted octanol–water partition coefficient (Wildman–Crippen LogP) is 2.73. The van der Waals surface area contributed by atoms with Crippen LogP contribution in [-0.2, 0) is 6.42 Å². The van der Waals surface area contributed by atoms with Crippen molar-refractivity contribution in [2.24, 2.45) is 0 Å². The first kappa shape index (κ1) is 9.90. The van der Waals surface area contributed by atoms with Crippen LogP contribution in [0.4, 0.5) is 0 Å². The summed E-state index contributed by atoms with van der Waals surface area (Å²) < 4.78 is 0.